The van der Waals surface area contributed by atoms with Crippen LogP contribution >= 0.6 is 11.6 Å². The van der Waals surface area contributed by atoms with Gasteiger partial charge in [-0.25, -0.2) is 9.97 Å². The van der Waals surface area contributed by atoms with Crippen LogP contribution in [0.15, 0.2) is 36.7 Å². The van der Waals surface area contributed by atoms with Crippen LogP contribution in [0.5, 0.6) is 0 Å². The van der Waals surface area contributed by atoms with Crippen molar-refractivity contribution >= 4 is 23.1 Å². The van der Waals surface area contributed by atoms with Crippen molar-refractivity contribution in [2.24, 2.45) is 0 Å². The van der Waals surface area contributed by atoms with Crippen LogP contribution in [0.4, 0.5) is 11.5 Å². The fourth-order valence-electron chi connectivity index (χ4n) is 2.46. The lowest BCUT2D eigenvalue weighted by Gasteiger charge is -2.08. The second-order valence-corrected chi connectivity index (χ2v) is 5.72. The third-order valence-corrected chi connectivity index (χ3v) is 3.88. The summed E-state index contributed by atoms with van der Waals surface area (Å²) in [6.07, 6.45) is 1.50. The first-order valence-corrected chi connectivity index (χ1v) is 7.72. The zero-order valence-corrected chi connectivity index (χ0v) is 14.0. The number of halogens is 1. The van der Waals surface area contributed by atoms with Gasteiger partial charge in [0.1, 0.15) is 18.7 Å². The van der Waals surface area contributed by atoms with E-state index in [9.17, 15) is 0 Å². The quantitative estimate of drug-likeness (QED) is 0.781. The van der Waals surface area contributed by atoms with Crippen molar-refractivity contribution in [2.75, 3.05) is 5.32 Å². The van der Waals surface area contributed by atoms with E-state index in [2.05, 4.69) is 26.5 Å². The molecule has 24 heavy (non-hydrogen) atoms. The van der Waals surface area contributed by atoms with Gasteiger partial charge in [0.15, 0.2) is 0 Å². The van der Waals surface area contributed by atoms with Gasteiger partial charge in [0, 0.05) is 16.7 Å². The van der Waals surface area contributed by atoms with E-state index in [1.54, 1.807) is 4.68 Å². The standard InChI is InChI=1S/C17H15ClN6/c1-11-17(12(2)24(23-11)7-6-19)22-16-9-15(20-10-21-16)13-4-3-5-14(18)8-13/h3-5,8-10H,7H2,1-2H3,(H,20,21,22). The number of nitrogens with one attached hydrogen (secondary N) is 1. The maximum absolute atomic E-state index is 8.86. The summed E-state index contributed by atoms with van der Waals surface area (Å²) in [5, 5.41) is 17.1. The third-order valence-electron chi connectivity index (χ3n) is 3.64. The van der Waals surface area contributed by atoms with Crippen LogP contribution in [0, 0.1) is 25.2 Å². The van der Waals surface area contributed by atoms with Crippen molar-refractivity contribution in [1.29, 1.82) is 5.26 Å². The maximum Gasteiger partial charge on any atom is 0.134 e. The predicted molar refractivity (Wildman–Crippen MR) is 93.1 cm³/mol. The van der Waals surface area contributed by atoms with Crippen molar-refractivity contribution in [1.82, 2.24) is 19.7 Å². The Morgan fingerprint density at radius 3 is 2.83 bits per heavy atom. The van der Waals surface area contributed by atoms with Gasteiger partial charge in [-0.1, -0.05) is 23.7 Å². The first-order chi connectivity index (χ1) is 11.6. The molecule has 0 bridgehead atoms. The molecule has 6 nitrogen and oxygen atoms in total. The molecule has 0 aliphatic heterocycles. The van der Waals surface area contributed by atoms with E-state index < -0.39 is 0 Å². The molecule has 0 aliphatic carbocycles. The molecule has 2 heterocycles. The normalized spacial score (nSPS) is 10.4. The molecule has 0 amide bonds. The van der Waals surface area contributed by atoms with E-state index in [0.717, 1.165) is 28.3 Å². The Morgan fingerprint density at radius 2 is 2.08 bits per heavy atom. The molecule has 120 valence electrons. The summed E-state index contributed by atoms with van der Waals surface area (Å²) >= 11 is 6.04. The number of hydrogen-bond donors (Lipinski definition) is 1. The van der Waals surface area contributed by atoms with Crippen molar-refractivity contribution in [3.63, 3.8) is 0 Å². The van der Waals surface area contributed by atoms with Crippen molar-refractivity contribution < 1.29 is 0 Å². The highest BCUT2D eigenvalue weighted by Crippen LogP contribution is 2.26. The Morgan fingerprint density at radius 1 is 1.25 bits per heavy atom. The summed E-state index contributed by atoms with van der Waals surface area (Å²) in [4.78, 5) is 8.56. The lowest BCUT2D eigenvalue weighted by atomic mass is 10.1. The van der Waals surface area contributed by atoms with Crippen LogP contribution in [0.3, 0.4) is 0 Å². The molecule has 1 aromatic carbocycles. The van der Waals surface area contributed by atoms with Crippen molar-refractivity contribution in [2.45, 2.75) is 20.4 Å². The number of anilines is 2. The lowest BCUT2D eigenvalue weighted by molar-refractivity contribution is 0.680. The topological polar surface area (TPSA) is 79.4 Å². The average Bonchev–Trinajstić information content (AvgIpc) is 2.83. The highest BCUT2D eigenvalue weighted by molar-refractivity contribution is 6.30. The Hall–Kier alpha value is -2.91. The van der Waals surface area contributed by atoms with E-state index in [-0.39, 0.29) is 6.54 Å². The van der Waals surface area contributed by atoms with E-state index in [0.29, 0.717) is 10.8 Å². The minimum atomic E-state index is 0.214. The molecule has 0 spiro atoms. The summed E-state index contributed by atoms with van der Waals surface area (Å²) in [5.74, 6) is 0.655. The second kappa shape index (κ2) is 6.69. The van der Waals surface area contributed by atoms with Crippen LogP contribution in [0.1, 0.15) is 11.4 Å². The summed E-state index contributed by atoms with van der Waals surface area (Å²) in [6.45, 7) is 4.02. The first kappa shape index (κ1) is 16.0. The van der Waals surface area contributed by atoms with Crippen molar-refractivity contribution in [3.05, 3.63) is 53.1 Å². The fourth-order valence-corrected chi connectivity index (χ4v) is 2.65. The molecule has 0 saturated heterocycles. The van der Waals surface area contributed by atoms with E-state index in [1.165, 1.54) is 6.33 Å². The number of hydrogen-bond acceptors (Lipinski definition) is 5. The van der Waals surface area contributed by atoms with Gasteiger partial charge in [-0.05, 0) is 26.0 Å². The SMILES string of the molecule is Cc1nn(CC#N)c(C)c1Nc1cc(-c2cccc(Cl)c2)ncn1. The summed E-state index contributed by atoms with van der Waals surface area (Å²) < 4.78 is 1.66. The van der Waals surface area contributed by atoms with Gasteiger partial charge < -0.3 is 5.32 Å². The lowest BCUT2D eigenvalue weighted by Crippen LogP contribution is -2.01. The minimum Gasteiger partial charge on any atom is -0.337 e. The predicted octanol–water partition coefficient (Wildman–Crippen LogP) is 3.88. The Labute approximate surface area is 144 Å². The number of aromatic nitrogens is 4. The molecule has 3 aromatic rings. The Balaban J connectivity index is 1.92. The van der Waals surface area contributed by atoms with Crippen molar-refractivity contribution in [3.8, 4) is 17.3 Å². The summed E-state index contributed by atoms with van der Waals surface area (Å²) in [7, 11) is 0. The smallest absolute Gasteiger partial charge is 0.134 e. The monoisotopic (exact) mass is 338 g/mol. The number of rotatable bonds is 4. The highest BCUT2D eigenvalue weighted by atomic mass is 35.5. The average molecular weight is 339 g/mol. The molecule has 0 unspecified atom stereocenters. The van der Waals surface area contributed by atoms with Crippen LogP contribution < -0.4 is 5.32 Å². The van der Waals surface area contributed by atoms with Gasteiger partial charge >= 0.3 is 0 Å². The molecular weight excluding hydrogens is 324 g/mol. The number of nitriles is 1. The highest BCUT2D eigenvalue weighted by Gasteiger charge is 2.12. The summed E-state index contributed by atoms with van der Waals surface area (Å²) in [6, 6.07) is 11.5. The molecule has 3 rings (SSSR count). The molecule has 0 saturated carbocycles. The Bertz CT molecular complexity index is 925. The van der Waals surface area contributed by atoms with Crippen LogP contribution in [0.2, 0.25) is 5.02 Å². The van der Waals surface area contributed by atoms with Gasteiger partial charge in [-0.15, -0.1) is 0 Å². The van der Waals surface area contributed by atoms with E-state index in [4.69, 9.17) is 16.9 Å². The van der Waals surface area contributed by atoms with Gasteiger partial charge in [0.2, 0.25) is 0 Å². The number of aryl methyl sites for hydroxylation is 1. The summed E-state index contributed by atoms with van der Waals surface area (Å²) in [5.41, 5.74) is 4.24. The van der Waals surface area contributed by atoms with E-state index >= 15 is 0 Å². The van der Waals surface area contributed by atoms with Gasteiger partial charge in [0.25, 0.3) is 0 Å². The van der Waals surface area contributed by atoms with Gasteiger partial charge in [-0.2, -0.15) is 10.4 Å². The molecule has 7 heteroatoms. The molecule has 0 radical (unpaired) electrons. The number of benzene rings is 1. The largest absolute Gasteiger partial charge is 0.337 e. The zero-order chi connectivity index (χ0) is 17.1. The van der Waals surface area contributed by atoms with Crippen LogP contribution in [-0.2, 0) is 6.54 Å². The third kappa shape index (κ3) is 3.21. The van der Waals surface area contributed by atoms with E-state index in [1.807, 2.05) is 44.2 Å². The van der Waals surface area contributed by atoms with Gasteiger partial charge in [0.05, 0.1) is 28.8 Å². The zero-order valence-electron chi connectivity index (χ0n) is 13.3. The maximum atomic E-state index is 8.86. The van der Waals surface area contributed by atoms with Crippen LogP contribution in [-0.4, -0.2) is 19.7 Å². The fraction of sp³-hybridized carbons (Fsp3) is 0.176. The molecule has 0 aliphatic rings. The molecule has 2 aromatic heterocycles. The van der Waals surface area contributed by atoms with Crippen LogP contribution in [0.25, 0.3) is 11.3 Å². The first-order valence-electron chi connectivity index (χ1n) is 7.34. The molecular formula is C17H15ClN6. The minimum absolute atomic E-state index is 0.214. The Kier molecular flexibility index (Phi) is 4.45. The van der Waals surface area contributed by atoms with Gasteiger partial charge in [-0.3, -0.25) is 4.68 Å². The molecule has 1 N–H and O–H groups in total. The second-order valence-electron chi connectivity index (χ2n) is 5.29. The number of nitrogens with zero attached hydrogens (tertiary/aromatic N) is 5. The molecule has 0 atom stereocenters. The molecule has 0 fully saturated rings.